The van der Waals surface area contributed by atoms with Crippen molar-refractivity contribution in [3.63, 3.8) is 0 Å². The zero-order chi connectivity index (χ0) is 32.0. The van der Waals surface area contributed by atoms with Crippen LogP contribution in [0.2, 0.25) is 0 Å². The van der Waals surface area contributed by atoms with Crippen LogP contribution in [0.4, 0.5) is 16.2 Å². The summed E-state index contributed by atoms with van der Waals surface area (Å²) >= 11 is 0. The van der Waals surface area contributed by atoms with Crippen molar-refractivity contribution in [3.05, 3.63) is 82.8 Å². The number of hydrogen-bond donors (Lipinski definition) is 2. The van der Waals surface area contributed by atoms with Crippen LogP contribution < -0.4 is 16.0 Å². The average molecular weight is 602 g/mol. The smallest absolute Gasteiger partial charge is 0.410 e. The summed E-state index contributed by atoms with van der Waals surface area (Å²) in [5.41, 5.74) is 7.80. The Hall–Kier alpha value is -4.98. The van der Waals surface area contributed by atoms with Crippen molar-refractivity contribution in [2.75, 3.05) is 44.1 Å². The van der Waals surface area contributed by atoms with Gasteiger partial charge in [-0.05, 0) is 69.4 Å². The van der Waals surface area contributed by atoms with Crippen LogP contribution in [0.3, 0.4) is 0 Å². The number of carbonyl (C=O) groups is 3. The number of methoxy groups -OCH3 is 2. The van der Waals surface area contributed by atoms with Gasteiger partial charge in [0.25, 0.3) is 0 Å². The summed E-state index contributed by atoms with van der Waals surface area (Å²) in [4.78, 5) is 42.1. The summed E-state index contributed by atoms with van der Waals surface area (Å²) < 4.78 is 15.7. The van der Waals surface area contributed by atoms with Gasteiger partial charge < -0.3 is 30.2 Å². The molecule has 0 bridgehead atoms. The quantitative estimate of drug-likeness (QED) is 0.340. The van der Waals surface area contributed by atoms with Gasteiger partial charge in [-0.2, -0.15) is 5.26 Å². The fourth-order valence-corrected chi connectivity index (χ4v) is 5.50. The Morgan fingerprint density at radius 3 is 2.27 bits per heavy atom. The van der Waals surface area contributed by atoms with Gasteiger partial charge in [0.05, 0.1) is 37.4 Å². The molecule has 232 valence electrons. The standard InChI is InChI=1S/C33H39N5O6/c1-33(2,3)44-32(41)37-17-9-10-21(20-37)19-36-23-13-15-24(16-14-23)38-28(31(40)43-5)27(30(39)42-4)26(25(18-34)29(38)35)22-11-7-6-8-12-22/h6-8,11-16,21,26,36H,9-10,17,19-20,35H2,1-5H3. The molecule has 0 spiro atoms. The van der Waals surface area contributed by atoms with E-state index >= 15 is 0 Å². The number of carbonyl (C=O) groups excluding carboxylic acids is 3. The first kappa shape index (κ1) is 31.9. The van der Waals surface area contributed by atoms with Crippen molar-refractivity contribution in [1.29, 1.82) is 5.26 Å². The molecule has 2 aliphatic rings. The lowest BCUT2D eigenvalue weighted by Gasteiger charge is -2.36. The molecule has 1 fully saturated rings. The molecular formula is C33H39N5O6. The molecule has 2 unspecified atom stereocenters. The molecule has 2 heterocycles. The van der Waals surface area contributed by atoms with Crippen molar-refractivity contribution in [3.8, 4) is 6.07 Å². The summed E-state index contributed by atoms with van der Waals surface area (Å²) in [5.74, 6) is -2.28. The van der Waals surface area contributed by atoms with E-state index in [0.717, 1.165) is 18.5 Å². The lowest BCUT2D eigenvalue weighted by Crippen LogP contribution is -2.44. The minimum Gasteiger partial charge on any atom is -0.466 e. The average Bonchev–Trinajstić information content (AvgIpc) is 3.02. The number of nitriles is 1. The number of nitrogens with zero attached hydrogens (tertiary/aromatic N) is 3. The first-order valence-corrected chi connectivity index (χ1v) is 14.5. The van der Waals surface area contributed by atoms with Crippen molar-refractivity contribution < 1.29 is 28.6 Å². The van der Waals surface area contributed by atoms with Gasteiger partial charge in [-0.25, -0.2) is 14.4 Å². The molecule has 0 aliphatic carbocycles. The highest BCUT2D eigenvalue weighted by Gasteiger charge is 2.43. The van der Waals surface area contributed by atoms with Crippen LogP contribution >= 0.6 is 0 Å². The zero-order valence-corrected chi connectivity index (χ0v) is 25.8. The normalized spacial score (nSPS) is 18.8. The highest BCUT2D eigenvalue weighted by Crippen LogP contribution is 2.43. The topological polar surface area (TPSA) is 147 Å². The second kappa shape index (κ2) is 13.5. The Morgan fingerprint density at radius 2 is 1.68 bits per heavy atom. The number of amides is 1. The van der Waals surface area contributed by atoms with E-state index in [-0.39, 0.29) is 34.7 Å². The zero-order valence-electron chi connectivity index (χ0n) is 25.8. The molecule has 0 saturated carbocycles. The number of rotatable bonds is 7. The number of piperidine rings is 1. The van der Waals surface area contributed by atoms with Crippen LogP contribution in [-0.2, 0) is 23.8 Å². The fourth-order valence-electron chi connectivity index (χ4n) is 5.50. The molecule has 11 nitrogen and oxygen atoms in total. The maximum atomic E-state index is 13.3. The molecular weight excluding hydrogens is 562 g/mol. The summed E-state index contributed by atoms with van der Waals surface area (Å²) in [7, 11) is 2.42. The second-order valence-electron chi connectivity index (χ2n) is 11.7. The molecule has 4 rings (SSSR count). The maximum Gasteiger partial charge on any atom is 0.410 e. The van der Waals surface area contributed by atoms with E-state index < -0.39 is 23.5 Å². The van der Waals surface area contributed by atoms with Gasteiger partial charge in [0.2, 0.25) is 0 Å². The maximum absolute atomic E-state index is 13.3. The number of nitrogens with one attached hydrogen (secondary N) is 1. The Morgan fingerprint density at radius 1 is 1.02 bits per heavy atom. The summed E-state index contributed by atoms with van der Waals surface area (Å²) in [5, 5.41) is 13.6. The molecule has 3 N–H and O–H groups in total. The Kier molecular flexibility index (Phi) is 9.83. The third-order valence-electron chi connectivity index (χ3n) is 7.50. The summed E-state index contributed by atoms with van der Waals surface area (Å²) in [6.07, 6.45) is 1.56. The lowest BCUT2D eigenvalue weighted by atomic mass is 9.81. The van der Waals surface area contributed by atoms with E-state index in [4.69, 9.17) is 19.9 Å². The van der Waals surface area contributed by atoms with E-state index in [2.05, 4.69) is 11.4 Å². The fraction of sp³-hybridized carbons (Fsp3) is 0.394. The van der Waals surface area contributed by atoms with E-state index in [9.17, 15) is 19.6 Å². The number of allylic oxidation sites excluding steroid dienone is 1. The van der Waals surface area contributed by atoms with Crippen LogP contribution in [0.25, 0.3) is 0 Å². The third-order valence-corrected chi connectivity index (χ3v) is 7.50. The molecule has 1 amide bonds. The van der Waals surface area contributed by atoms with E-state index in [1.807, 2.05) is 32.9 Å². The third kappa shape index (κ3) is 6.97. The molecule has 0 aromatic heterocycles. The number of hydrogen-bond acceptors (Lipinski definition) is 10. The molecule has 0 radical (unpaired) electrons. The summed E-state index contributed by atoms with van der Waals surface area (Å²) in [6.45, 7) is 7.47. The van der Waals surface area contributed by atoms with Crippen molar-refractivity contribution in [1.82, 2.24) is 4.90 Å². The van der Waals surface area contributed by atoms with Crippen LogP contribution in [0.5, 0.6) is 0 Å². The Bertz CT molecular complexity index is 1490. The van der Waals surface area contributed by atoms with Crippen LogP contribution in [0.1, 0.15) is 45.1 Å². The minimum absolute atomic E-state index is 0.000412. The number of benzene rings is 2. The number of esters is 2. The van der Waals surface area contributed by atoms with Gasteiger partial charge in [0.1, 0.15) is 17.1 Å². The largest absolute Gasteiger partial charge is 0.466 e. The van der Waals surface area contributed by atoms with Crippen molar-refractivity contribution >= 4 is 29.4 Å². The van der Waals surface area contributed by atoms with Gasteiger partial charge in [-0.15, -0.1) is 0 Å². The van der Waals surface area contributed by atoms with Gasteiger partial charge in [0.15, 0.2) is 0 Å². The van der Waals surface area contributed by atoms with Gasteiger partial charge in [-0.1, -0.05) is 30.3 Å². The molecule has 1 saturated heterocycles. The molecule has 2 atom stereocenters. The molecule has 44 heavy (non-hydrogen) atoms. The second-order valence-corrected chi connectivity index (χ2v) is 11.7. The minimum atomic E-state index is -0.935. The van der Waals surface area contributed by atoms with Crippen molar-refractivity contribution in [2.45, 2.75) is 45.1 Å². The molecule has 2 aromatic rings. The van der Waals surface area contributed by atoms with Crippen LogP contribution in [0.15, 0.2) is 77.3 Å². The predicted molar refractivity (Wildman–Crippen MR) is 165 cm³/mol. The number of nitrogens with two attached hydrogens (primary N) is 1. The van der Waals surface area contributed by atoms with Crippen LogP contribution in [0, 0.1) is 17.2 Å². The first-order valence-electron chi connectivity index (χ1n) is 14.5. The molecule has 2 aliphatic heterocycles. The number of likely N-dealkylation sites (tertiary alicyclic amines) is 1. The highest BCUT2D eigenvalue weighted by molar-refractivity contribution is 6.06. The van der Waals surface area contributed by atoms with Crippen molar-refractivity contribution in [2.24, 2.45) is 11.7 Å². The first-order chi connectivity index (χ1) is 21.0. The number of anilines is 2. The van der Waals surface area contributed by atoms with E-state index in [0.29, 0.717) is 30.9 Å². The monoisotopic (exact) mass is 601 g/mol. The van der Waals surface area contributed by atoms with E-state index in [1.165, 1.54) is 19.1 Å². The Balaban J connectivity index is 1.61. The van der Waals surface area contributed by atoms with Gasteiger partial charge in [-0.3, -0.25) is 4.90 Å². The van der Waals surface area contributed by atoms with Gasteiger partial charge >= 0.3 is 18.0 Å². The summed E-state index contributed by atoms with van der Waals surface area (Å²) in [6, 6.07) is 18.1. The predicted octanol–water partition coefficient (Wildman–Crippen LogP) is 4.64. The number of ether oxygens (including phenoxy) is 3. The molecule has 2 aromatic carbocycles. The SMILES string of the molecule is COC(=O)C1=C(C(=O)OC)N(c2ccc(NCC3CCCN(C(=O)OC(C)(C)C)C3)cc2)C(N)=C(C#N)C1c1ccccc1. The highest BCUT2D eigenvalue weighted by atomic mass is 16.6. The molecule has 11 heteroatoms. The van der Waals surface area contributed by atoms with E-state index in [1.54, 1.807) is 47.4 Å². The van der Waals surface area contributed by atoms with Crippen LogP contribution in [-0.4, -0.2) is 62.4 Å². The van der Waals surface area contributed by atoms with Gasteiger partial charge in [0, 0.05) is 31.0 Å². The Labute approximate surface area is 257 Å². The lowest BCUT2D eigenvalue weighted by molar-refractivity contribution is -0.139.